The lowest BCUT2D eigenvalue weighted by atomic mass is 9.71. The number of aliphatic hydroxyl groups excluding tert-OH is 1. The first-order chi connectivity index (χ1) is 13.5. The van der Waals surface area contributed by atoms with Crippen molar-refractivity contribution in [1.82, 2.24) is 24.3 Å². The number of hydrogen-bond donors (Lipinski definition) is 1. The molecule has 2 aliphatic heterocycles. The van der Waals surface area contributed by atoms with Gasteiger partial charge in [0.05, 0.1) is 19.1 Å². The molecule has 150 valence electrons. The van der Waals surface area contributed by atoms with Gasteiger partial charge in [-0.25, -0.2) is 4.98 Å². The Bertz CT molecular complexity index is 798. The Morgan fingerprint density at radius 2 is 2.00 bits per heavy atom. The quantitative estimate of drug-likeness (QED) is 0.860. The lowest BCUT2D eigenvalue weighted by Gasteiger charge is -2.49. The zero-order chi connectivity index (χ0) is 19.6. The monoisotopic (exact) mass is 383 g/mol. The van der Waals surface area contributed by atoms with Crippen LogP contribution in [0.1, 0.15) is 30.7 Å². The average Bonchev–Trinajstić information content (AvgIpc) is 3.07. The minimum atomic E-state index is -0.312. The van der Waals surface area contributed by atoms with Crippen LogP contribution in [-0.4, -0.2) is 67.6 Å². The van der Waals surface area contributed by atoms with Crippen molar-refractivity contribution in [2.24, 2.45) is 12.5 Å². The summed E-state index contributed by atoms with van der Waals surface area (Å²) in [6.45, 7) is 3.95. The van der Waals surface area contributed by atoms with Crippen molar-refractivity contribution in [2.75, 3.05) is 26.2 Å². The number of aryl methyl sites for hydroxylation is 1. The molecular weight excluding hydrogens is 354 g/mol. The highest BCUT2D eigenvalue weighted by Gasteiger charge is 2.42. The van der Waals surface area contributed by atoms with Crippen molar-refractivity contribution < 1.29 is 9.90 Å². The molecule has 0 radical (unpaired) electrons. The molecule has 0 aromatic carbocycles. The van der Waals surface area contributed by atoms with E-state index in [0.29, 0.717) is 13.0 Å². The molecule has 1 unspecified atom stereocenters. The van der Waals surface area contributed by atoms with Crippen LogP contribution in [0.5, 0.6) is 0 Å². The maximum atomic E-state index is 12.7. The molecular formula is C21H29N5O2. The average molecular weight is 383 g/mol. The zero-order valence-electron chi connectivity index (χ0n) is 16.5. The van der Waals surface area contributed by atoms with E-state index in [9.17, 15) is 9.90 Å². The van der Waals surface area contributed by atoms with Crippen LogP contribution in [-0.2, 0) is 24.8 Å². The lowest BCUT2D eigenvalue weighted by Crippen LogP contribution is -2.54. The van der Waals surface area contributed by atoms with Crippen molar-refractivity contribution in [3.05, 3.63) is 48.3 Å². The van der Waals surface area contributed by atoms with Crippen molar-refractivity contribution in [3.63, 3.8) is 0 Å². The molecule has 7 nitrogen and oxygen atoms in total. The molecule has 1 spiro atoms. The summed E-state index contributed by atoms with van der Waals surface area (Å²) in [6, 6.07) is 3.80. The third kappa shape index (κ3) is 4.25. The number of carbonyl (C=O) groups is 1. The van der Waals surface area contributed by atoms with Crippen LogP contribution in [0.3, 0.4) is 0 Å². The lowest BCUT2D eigenvalue weighted by molar-refractivity contribution is -0.134. The predicted octanol–water partition coefficient (Wildman–Crippen LogP) is 1.23. The second-order valence-corrected chi connectivity index (χ2v) is 8.39. The minimum absolute atomic E-state index is 0.0935. The van der Waals surface area contributed by atoms with Gasteiger partial charge >= 0.3 is 0 Å². The number of aliphatic hydroxyl groups is 1. The van der Waals surface area contributed by atoms with Gasteiger partial charge in [0.1, 0.15) is 5.82 Å². The summed E-state index contributed by atoms with van der Waals surface area (Å²) < 4.78 is 2.04. The molecule has 1 atom stereocenters. The van der Waals surface area contributed by atoms with Gasteiger partial charge in [0, 0.05) is 58.0 Å². The van der Waals surface area contributed by atoms with Crippen molar-refractivity contribution >= 4 is 5.91 Å². The highest BCUT2D eigenvalue weighted by atomic mass is 16.3. The van der Waals surface area contributed by atoms with Gasteiger partial charge in [0.25, 0.3) is 0 Å². The number of likely N-dealkylation sites (tertiary alicyclic amines) is 2. The van der Waals surface area contributed by atoms with Crippen LogP contribution in [0.15, 0.2) is 36.9 Å². The molecule has 2 aromatic heterocycles. The summed E-state index contributed by atoms with van der Waals surface area (Å²) in [5.74, 6) is 1.21. The number of aromatic nitrogens is 3. The topological polar surface area (TPSA) is 74.5 Å². The number of amides is 1. The summed E-state index contributed by atoms with van der Waals surface area (Å²) >= 11 is 0. The molecule has 2 saturated heterocycles. The number of β-amino-alcohol motifs (C(OH)–C–C–N with tert-alkyl or cyclic N) is 1. The van der Waals surface area contributed by atoms with Crippen LogP contribution >= 0.6 is 0 Å². The van der Waals surface area contributed by atoms with Gasteiger partial charge in [0.2, 0.25) is 5.91 Å². The Morgan fingerprint density at radius 1 is 1.25 bits per heavy atom. The summed E-state index contributed by atoms with van der Waals surface area (Å²) in [5, 5.41) is 10.5. The van der Waals surface area contributed by atoms with E-state index >= 15 is 0 Å². The van der Waals surface area contributed by atoms with E-state index in [1.54, 1.807) is 12.4 Å². The molecule has 4 heterocycles. The van der Waals surface area contributed by atoms with Crippen molar-refractivity contribution in [2.45, 2.75) is 38.3 Å². The second kappa shape index (κ2) is 8.01. The molecule has 1 amide bonds. The fourth-order valence-electron chi connectivity index (χ4n) is 4.71. The summed E-state index contributed by atoms with van der Waals surface area (Å²) in [4.78, 5) is 25.4. The Labute approximate surface area is 166 Å². The number of nitrogens with zero attached hydrogens (tertiary/aromatic N) is 5. The van der Waals surface area contributed by atoms with Crippen molar-refractivity contribution in [1.29, 1.82) is 0 Å². The highest BCUT2D eigenvalue weighted by molar-refractivity contribution is 5.78. The summed E-state index contributed by atoms with van der Waals surface area (Å²) in [6.07, 6.45) is 10.1. The molecule has 2 aromatic rings. The van der Waals surface area contributed by atoms with Gasteiger partial charge in [0.15, 0.2) is 0 Å². The van der Waals surface area contributed by atoms with E-state index < -0.39 is 0 Å². The Morgan fingerprint density at radius 3 is 2.68 bits per heavy atom. The first-order valence-corrected chi connectivity index (χ1v) is 10.1. The first-order valence-electron chi connectivity index (χ1n) is 10.1. The van der Waals surface area contributed by atoms with E-state index in [1.807, 2.05) is 41.0 Å². The second-order valence-electron chi connectivity index (χ2n) is 8.39. The van der Waals surface area contributed by atoms with Gasteiger partial charge in [-0.1, -0.05) is 0 Å². The van der Waals surface area contributed by atoms with Crippen LogP contribution in [0.2, 0.25) is 0 Å². The largest absolute Gasteiger partial charge is 0.392 e. The third-order valence-corrected chi connectivity index (χ3v) is 6.26. The summed E-state index contributed by atoms with van der Waals surface area (Å²) in [7, 11) is 2.01. The van der Waals surface area contributed by atoms with Gasteiger partial charge < -0.3 is 14.6 Å². The van der Waals surface area contributed by atoms with E-state index in [4.69, 9.17) is 0 Å². The molecule has 0 bridgehead atoms. The number of rotatable bonds is 4. The SMILES string of the molecule is Cn1ccnc1CN1CC(O)CC2(CCN(C(=O)Cc3ccncc3)CC2)C1. The normalized spacial score (nSPS) is 22.5. The van der Waals surface area contributed by atoms with E-state index in [1.165, 1.54) is 0 Å². The zero-order valence-corrected chi connectivity index (χ0v) is 16.5. The summed E-state index contributed by atoms with van der Waals surface area (Å²) in [5.41, 5.74) is 1.10. The third-order valence-electron chi connectivity index (χ3n) is 6.26. The van der Waals surface area contributed by atoms with Crippen LogP contribution in [0.4, 0.5) is 0 Å². The predicted molar refractivity (Wildman–Crippen MR) is 105 cm³/mol. The Kier molecular flexibility index (Phi) is 5.46. The maximum absolute atomic E-state index is 12.7. The van der Waals surface area contributed by atoms with Crippen LogP contribution in [0.25, 0.3) is 0 Å². The smallest absolute Gasteiger partial charge is 0.226 e. The molecule has 0 aliphatic carbocycles. The van der Waals surface area contributed by atoms with Gasteiger partial charge in [-0.2, -0.15) is 0 Å². The standard InChI is InChI=1S/C21H29N5O2/c1-24-11-8-23-19(24)15-25-14-18(27)13-21(16-25)4-9-26(10-5-21)20(28)12-17-2-6-22-7-3-17/h2-3,6-8,11,18,27H,4-5,9-10,12-16H2,1H3. The van der Waals surface area contributed by atoms with Gasteiger partial charge in [-0.15, -0.1) is 0 Å². The molecule has 0 saturated carbocycles. The minimum Gasteiger partial charge on any atom is -0.392 e. The van der Waals surface area contributed by atoms with Gasteiger partial charge in [-0.3, -0.25) is 14.7 Å². The molecule has 2 fully saturated rings. The molecule has 2 aliphatic rings. The number of imidazole rings is 1. The fourth-order valence-corrected chi connectivity index (χ4v) is 4.71. The number of piperidine rings is 2. The maximum Gasteiger partial charge on any atom is 0.226 e. The van der Waals surface area contributed by atoms with Crippen LogP contribution < -0.4 is 0 Å². The first kappa shape index (κ1) is 19.1. The highest BCUT2D eigenvalue weighted by Crippen LogP contribution is 2.40. The molecule has 4 rings (SSSR count). The van der Waals surface area contributed by atoms with E-state index in [0.717, 1.165) is 56.8 Å². The number of hydrogen-bond acceptors (Lipinski definition) is 5. The molecule has 7 heteroatoms. The Balaban J connectivity index is 1.35. The molecule has 28 heavy (non-hydrogen) atoms. The fraction of sp³-hybridized carbons (Fsp3) is 0.571. The van der Waals surface area contributed by atoms with Gasteiger partial charge in [-0.05, 0) is 42.4 Å². The number of pyridine rings is 1. The van der Waals surface area contributed by atoms with E-state index in [-0.39, 0.29) is 17.4 Å². The van der Waals surface area contributed by atoms with Crippen molar-refractivity contribution in [3.8, 4) is 0 Å². The van der Waals surface area contributed by atoms with E-state index in [2.05, 4.69) is 14.9 Å². The molecule has 1 N–H and O–H groups in total. The number of carbonyl (C=O) groups excluding carboxylic acids is 1. The van der Waals surface area contributed by atoms with Crippen LogP contribution in [0, 0.1) is 5.41 Å². The Hall–Kier alpha value is -2.25.